The van der Waals surface area contributed by atoms with Crippen molar-refractivity contribution in [2.45, 2.75) is 25.2 Å². The van der Waals surface area contributed by atoms with Gasteiger partial charge < -0.3 is 0 Å². The molecule has 1 aromatic carbocycles. The number of carbonyl (C=O) groups is 1. The smallest absolute Gasteiger partial charge is 0.283 e. The third-order valence-electron chi connectivity index (χ3n) is 2.95. The lowest BCUT2D eigenvalue weighted by atomic mass is 10.2. The Morgan fingerprint density at radius 3 is 2.87 bits per heavy atom. The summed E-state index contributed by atoms with van der Waals surface area (Å²) in [4.78, 5) is 23.5. The van der Waals surface area contributed by atoms with Crippen LogP contribution in [0.5, 0.6) is 0 Å². The van der Waals surface area contributed by atoms with Gasteiger partial charge in [-0.15, -0.1) is 22.0 Å². The quantitative estimate of drug-likeness (QED) is 0.462. The van der Waals surface area contributed by atoms with E-state index in [0.29, 0.717) is 15.9 Å². The first-order valence-electron chi connectivity index (χ1n) is 6.96. The first-order chi connectivity index (χ1) is 11.0. The lowest BCUT2D eigenvalue weighted by molar-refractivity contribution is -0.387. The second-order valence-corrected chi connectivity index (χ2v) is 7.14. The van der Waals surface area contributed by atoms with Crippen LogP contribution in [0.4, 0.5) is 10.8 Å². The molecule has 7 nitrogen and oxygen atoms in total. The number of benzene rings is 1. The Balaban J connectivity index is 2.14. The van der Waals surface area contributed by atoms with Gasteiger partial charge in [0.1, 0.15) is 5.51 Å². The molecule has 0 saturated heterocycles. The zero-order valence-electron chi connectivity index (χ0n) is 12.7. The average Bonchev–Trinajstić information content (AvgIpc) is 2.99. The fourth-order valence-electron chi connectivity index (χ4n) is 1.72. The maximum atomic E-state index is 12.1. The van der Waals surface area contributed by atoms with Crippen LogP contribution >= 0.6 is 23.1 Å². The van der Waals surface area contributed by atoms with E-state index in [9.17, 15) is 14.9 Å². The fourth-order valence-corrected chi connectivity index (χ4v) is 3.42. The first-order valence-corrected chi connectivity index (χ1v) is 8.82. The van der Waals surface area contributed by atoms with Crippen LogP contribution in [0.3, 0.4) is 0 Å². The van der Waals surface area contributed by atoms with Gasteiger partial charge in [-0.25, -0.2) is 0 Å². The minimum absolute atomic E-state index is 0.0522. The lowest BCUT2D eigenvalue weighted by Crippen LogP contribution is -2.12. The van der Waals surface area contributed by atoms with Gasteiger partial charge in [-0.05, 0) is 30.2 Å². The number of anilines is 1. The second-order valence-electron chi connectivity index (χ2n) is 5.17. The van der Waals surface area contributed by atoms with Gasteiger partial charge in [-0.2, -0.15) is 0 Å². The molecule has 23 heavy (non-hydrogen) atoms. The van der Waals surface area contributed by atoms with Crippen LogP contribution in [0.25, 0.3) is 0 Å². The molecule has 0 bridgehead atoms. The number of nitrogens with one attached hydrogen (secondary N) is 1. The van der Waals surface area contributed by atoms with E-state index in [1.807, 2.05) is 0 Å². The summed E-state index contributed by atoms with van der Waals surface area (Å²) < 4.78 is 0. The molecule has 1 amide bonds. The topological polar surface area (TPSA) is 98.0 Å². The number of rotatable bonds is 7. The summed E-state index contributed by atoms with van der Waals surface area (Å²) in [6.45, 7) is 4.21. The molecule has 1 N–H and O–H groups in total. The van der Waals surface area contributed by atoms with Gasteiger partial charge in [0.25, 0.3) is 11.6 Å². The molecule has 2 aromatic rings. The number of thioether (sulfide) groups is 1. The van der Waals surface area contributed by atoms with Crippen molar-refractivity contribution >= 4 is 39.8 Å². The van der Waals surface area contributed by atoms with Gasteiger partial charge in [0.05, 0.1) is 9.82 Å². The summed E-state index contributed by atoms with van der Waals surface area (Å²) in [6, 6.07) is 4.51. The van der Waals surface area contributed by atoms with Crippen molar-refractivity contribution in [3.05, 3.63) is 39.4 Å². The van der Waals surface area contributed by atoms with Crippen molar-refractivity contribution in [3.8, 4) is 0 Å². The van der Waals surface area contributed by atoms with E-state index >= 15 is 0 Å². The van der Waals surface area contributed by atoms with Gasteiger partial charge in [-0.1, -0.05) is 25.2 Å². The number of nitro benzene ring substituents is 1. The Labute approximate surface area is 141 Å². The van der Waals surface area contributed by atoms with Crippen LogP contribution in [0, 0.1) is 16.0 Å². The third-order valence-corrected chi connectivity index (χ3v) is 4.65. The number of aromatic nitrogens is 2. The van der Waals surface area contributed by atoms with E-state index in [0.717, 1.165) is 12.2 Å². The van der Waals surface area contributed by atoms with Crippen molar-refractivity contribution in [1.29, 1.82) is 0 Å². The van der Waals surface area contributed by atoms with Gasteiger partial charge in [0.15, 0.2) is 0 Å². The molecule has 0 atom stereocenters. The monoisotopic (exact) mass is 352 g/mol. The molecule has 0 aliphatic rings. The highest BCUT2D eigenvalue weighted by atomic mass is 32.2. The van der Waals surface area contributed by atoms with Crippen molar-refractivity contribution in [2.75, 3.05) is 11.1 Å². The molecule has 0 fully saturated rings. The number of amides is 1. The van der Waals surface area contributed by atoms with E-state index < -0.39 is 10.8 Å². The number of carbonyl (C=O) groups excluding carboxylic acids is 1. The van der Waals surface area contributed by atoms with Gasteiger partial charge >= 0.3 is 0 Å². The van der Waals surface area contributed by atoms with E-state index in [4.69, 9.17) is 0 Å². The highest BCUT2D eigenvalue weighted by Gasteiger charge is 2.18. The molecule has 0 saturated carbocycles. The van der Waals surface area contributed by atoms with Crippen LogP contribution in [-0.4, -0.2) is 26.8 Å². The Kier molecular flexibility index (Phi) is 6.05. The number of nitrogens with zero attached hydrogens (tertiary/aromatic N) is 3. The zero-order chi connectivity index (χ0) is 16.8. The number of nitro groups is 1. The van der Waals surface area contributed by atoms with E-state index in [1.54, 1.807) is 12.1 Å². The van der Waals surface area contributed by atoms with E-state index in [2.05, 4.69) is 29.4 Å². The van der Waals surface area contributed by atoms with Gasteiger partial charge in [0.2, 0.25) is 5.13 Å². The Hall–Kier alpha value is -2.00. The molecular formula is C14H16N4O3S2. The molecule has 122 valence electrons. The molecular weight excluding hydrogens is 336 g/mol. The predicted octanol–water partition coefficient (Wildman–Crippen LogP) is 3.84. The molecule has 1 aromatic heterocycles. The van der Waals surface area contributed by atoms with E-state index in [1.165, 1.54) is 34.7 Å². The molecule has 0 unspecified atom stereocenters. The summed E-state index contributed by atoms with van der Waals surface area (Å²) in [6.07, 6.45) is 0.973. The Bertz CT molecular complexity index is 689. The minimum Gasteiger partial charge on any atom is -0.296 e. The average molecular weight is 352 g/mol. The largest absolute Gasteiger partial charge is 0.296 e. The lowest BCUT2D eigenvalue weighted by Gasteiger charge is -2.07. The van der Waals surface area contributed by atoms with Crippen molar-refractivity contribution in [1.82, 2.24) is 10.2 Å². The first kappa shape index (κ1) is 17.4. The summed E-state index contributed by atoms with van der Waals surface area (Å²) in [5.74, 6) is 0.900. The highest BCUT2D eigenvalue weighted by molar-refractivity contribution is 7.99. The summed E-state index contributed by atoms with van der Waals surface area (Å²) in [7, 11) is 0. The van der Waals surface area contributed by atoms with Crippen LogP contribution in [-0.2, 0) is 0 Å². The fraction of sp³-hybridized carbons (Fsp3) is 0.357. The number of hydrogen-bond acceptors (Lipinski definition) is 7. The molecule has 0 radical (unpaired) electrons. The SMILES string of the molecule is CC(C)CCSc1ccc(C(=O)Nc2nncs2)cc1[N+](=O)[O-]. The molecule has 0 aliphatic heterocycles. The third kappa shape index (κ3) is 5.00. The van der Waals surface area contributed by atoms with Crippen molar-refractivity contribution < 1.29 is 9.72 Å². The van der Waals surface area contributed by atoms with Crippen LogP contribution < -0.4 is 5.32 Å². The number of hydrogen-bond donors (Lipinski definition) is 1. The summed E-state index contributed by atoms with van der Waals surface area (Å²) >= 11 is 2.62. The zero-order valence-corrected chi connectivity index (χ0v) is 14.3. The molecule has 0 spiro atoms. The van der Waals surface area contributed by atoms with E-state index in [-0.39, 0.29) is 11.3 Å². The molecule has 1 heterocycles. The maximum Gasteiger partial charge on any atom is 0.283 e. The maximum absolute atomic E-state index is 12.1. The van der Waals surface area contributed by atoms with Crippen molar-refractivity contribution in [3.63, 3.8) is 0 Å². The summed E-state index contributed by atoms with van der Waals surface area (Å²) in [5.41, 5.74) is 1.66. The Morgan fingerprint density at radius 1 is 1.48 bits per heavy atom. The second kappa shape index (κ2) is 8.02. The highest BCUT2D eigenvalue weighted by Crippen LogP contribution is 2.31. The van der Waals surface area contributed by atoms with Crippen LogP contribution in [0.15, 0.2) is 28.6 Å². The standard InChI is InChI=1S/C14H16N4O3S2/c1-9(2)5-6-22-12-4-3-10(7-11(12)18(20)21)13(19)16-14-17-15-8-23-14/h3-4,7-9H,5-6H2,1-2H3,(H,16,17,19). The summed E-state index contributed by atoms with van der Waals surface area (Å²) in [5, 5.41) is 21.5. The molecule has 9 heteroatoms. The van der Waals surface area contributed by atoms with Crippen LogP contribution in [0.2, 0.25) is 0 Å². The van der Waals surface area contributed by atoms with Crippen molar-refractivity contribution in [2.24, 2.45) is 5.92 Å². The van der Waals surface area contributed by atoms with Gasteiger partial charge in [-0.3, -0.25) is 20.2 Å². The molecule has 2 rings (SSSR count). The molecule has 0 aliphatic carbocycles. The van der Waals surface area contributed by atoms with Crippen LogP contribution in [0.1, 0.15) is 30.6 Å². The Morgan fingerprint density at radius 2 is 2.26 bits per heavy atom. The predicted molar refractivity (Wildman–Crippen MR) is 91.1 cm³/mol. The normalized spacial score (nSPS) is 10.7. The van der Waals surface area contributed by atoms with Gasteiger partial charge in [0, 0.05) is 11.6 Å². The minimum atomic E-state index is -0.459.